The first-order valence-corrected chi connectivity index (χ1v) is 16.8. The van der Waals surface area contributed by atoms with Crippen molar-refractivity contribution in [1.82, 2.24) is 0 Å². The van der Waals surface area contributed by atoms with Gasteiger partial charge in [-0.3, -0.25) is 4.79 Å². The van der Waals surface area contributed by atoms with Crippen LogP contribution in [-0.4, -0.2) is 63.0 Å². The van der Waals surface area contributed by atoms with Gasteiger partial charge < -0.3 is 28.4 Å². The van der Waals surface area contributed by atoms with Crippen molar-refractivity contribution in [2.24, 2.45) is 34.5 Å². The van der Waals surface area contributed by atoms with Crippen molar-refractivity contribution in [2.75, 3.05) is 20.8 Å². The van der Waals surface area contributed by atoms with Crippen LogP contribution in [-0.2, 0) is 33.2 Å². The lowest BCUT2D eigenvalue weighted by Crippen LogP contribution is -2.54. The number of allylic oxidation sites excluding steroid dienone is 4. The summed E-state index contributed by atoms with van der Waals surface area (Å²) in [6.07, 6.45) is 13.6. The predicted octanol–water partition coefficient (Wildman–Crippen LogP) is 7.48. The Morgan fingerprint density at radius 1 is 0.978 bits per heavy atom. The summed E-state index contributed by atoms with van der Waals surface area (Å²) in [5.41, 5.74) is 1.27. The summed E-state index contributed by atoms with van der Waals surface area (Å²) in [5, 5.41) is 0. The van der Waals surface area contributed by atoms with E-state index in [1.807, 2.05) is 13.8 Å². The highest BCUT2D eigenvalue weighted by molar-refractivity contribution is 5.96. The molecule has 1 unspecified atom stereocenters. The SMILES string of the molecule is COC(=O)O[C@@H]1CC2=CC=C3[C@@H]4CC[C@H]([C@H](C)/C=C/C(=O)C(C)(C)OC5CCCCO5)[C@@]4(C)CC[C@@H]3[C@@]2(C)[C@@H](OC(=O)OC)C1. The van der Waals surface area contributed by atoms with Crippen LogP contribution in [0.5, 0.6) is 0 Å². The highest BCUT2D eigenvalue weighted by Crippen LogP contribution is 2.66. The van der Waals surface area contributed by atoms with E-state index in [2.05, 4.69) is 39.0 Å². The first-order chi connectivity index (χ1) is 21.3. The molecule has 1 saturated heterocycles. The van der Waals surface area contributed by atoms with Gasteiger partial charge in [0.2, 0.25) is 0 Å². The molecule has 4 fully saturated rings. The van der Waals surface area contributed by atoms with E-state index in [1.165, 1.54) is 19.8 Å². The third-order valence-electron chi connectivity index (χ3n) is 11.8. The molecule has 1 aliphatic heterocycles. The van der Waals surface area contributed by atoms with Crippen LogP contribution >= 0.6 is 0 Å². The second-order valence-corrected chi connectivity index (χ2v) is 14.7. The third-order valence-corrected chi connectivity index (χ3v) is 11.8. The number of rotatable bonds is 8. The molecule has 45 heavy (non-hydrogen) atoms. The Labute approximate surface area is 268 Å². The van der Waals surface area contributed by atoms with Crippen molar-refractivity contribution >= 4 is 18.1 Å². The fourth-order valence-electron chi connectivity index (χ4n) is 9.28. The third kappa shape index (κ3) is 6.49. The van der Waals surface area contributed by atoms with Gasteiger partial charge in [0.15, 0.2) is 12.1 Å². The molecule has 5 aliphatic rings. The number of ether oxygens (including phenoxy) is 6. The van der Waals surface area contributed by atoms with Crippen LogP contribution in [0.2, 0.25) is 0 Å². The number of methoxy groups -OCH3 is 2. The van der Waals surface area contributed by atoms with Gasteiger partial charge in [0.05, 0.1) is 14.2 Å². The maximum absolute atomic E-state index is 13.2. The van der Waals surface area contributed by atoms with E-state index in [0.29, 0.717) is 31.3 Å². The summed E-state index contributed by atoms with van der Waals surface area (Å²) in [7, 11) is 2.60. The number of ketones is 1. The molecule has 9 nitrogen and oxygen atoms in total. The highest BCUT2D eigenvalue weighted by atomic mass is 16.7. The summed E-state index contributed by atoms with van der Waals surface area (Å²) < 4.78 is 32.9. The molecule has 0 aromatic heterocycles. The molecule has 3 saturated carbocycles. The van der Waals surface area contributed by atoms with Crippen LogP contribution in [0.1, 0.15) is 92.4 Å². The van der Waals surface area contributed by atoms with Crippen molar-refractivity contribution in [2.45, 2.75) is 117 Å². The van der Waals surface area contributed by atoms with Crippen molar-refractivity contribution in [3.63, 3.8) is 0 Å². The quantitative estimate of drug-likeness (QED) is 0.200. The van der Waals surface area contributed by atoms with Crippen LogP contribution in [0.3, 0.4) is 0 Å². The zero-order chi connectivity index (χ0) is 32.6. The van der Waals surface area contributed by atoms with Crippen LogP contribution < -0.4 is 0 Å². The van der Waals surface area contributed by atoms with Gasteiger partial charge in [0.1, 0.15) is 17.8 Å². The standard InChI is InChI=1S/C36H52O9/c1-22(11-16-29(37)34(2,3)45-31-10-8-9-19-42-31)26-14-15-27-25-13-12-23-20-24(43-32(38)40-6)21-30(44-33(39)41-7)36(23,5)28(25)17-18-35(26,27)4/h11-13,16,22,24,26-28,30-31H,8-10,14-15,17-21H2,1-7H3/b16-11+/t22-,24-,26-,27+,28+,30+,31?,35-,36+/m1/s1. The van der Waals surface area contributed by atoms with Gasteiger partial charge in [0, 0.05) is 24.9 Å². The van der Waals surface area contributed by atoms with Gasteiger partial charge >= 0.3 is 12.3 Å². The zero-order valence-corrected chi connectivity index (χ0v) is 28.1. The largest absolute Gasteiger partial charge is 0.508 e. The van der Waals surface area contributed by atoms with Crippen molar-refractivity contribution in [3.05, 3.63) is 35.5 Å². The van der Waals surface area contributed by atoms with E-state index >= 15 is 0 Å². The highest BCUT2D eigenvalue weighted by Gasteiger charge is 2.60. The van der Waals surface area contributed by atoms with Gasteiger partial charge in [0.25, 0.3) is 0 Å². The Balaban J connectivity index is 1.33. The maximum atomic E-state index is 13.2. The van der Waals surface area contributed by atoms with Crippen molar-refractivity contribution in [1.29, 1.82) is 0 Å². The molecule has 1 heterocycles. The topological polar surface area (TPSA) is 107 Å². The van der Waals surface area contributed by atoms with Crippen LogP contribution in [0.15, 0.2) is 35.5 Å². The Kier molecular flexibility index (Phi) is 9.91. The van der Waals surface area contributed by atoms with Crippen LogP contribution in [0, 0.1) is 34.5 Å². The van der Waals surface area contributed by atoms with Crippen LogP contribution in [0.25, 0.3) is 0 Å². The summed E-state index contributed by atoms with van der Waals surface area (Å²) in [6.45, 7) is 11.2. The van der Waals surface area contributed by atoms with Gasteiger partial charge in [-0.25, -0.2) is 9.59 Å². The molecule has 4 aliphatic carbocycles. The number of carbonyl (C=O) groups excluding carboxylic acids is 3. The van der Waals surface area contributed by atoms with E-state index in [-0.39, 0.29) is 29.3 Å². The van der Waals surface area contributed by atoms with Crippen LogP contribution in [0.4, 0.5) is 9.59 Å². The minimum atomic E-state index is -0.936. The van der Waals surface area contributed by atoms with E-state index in [1.54, 1.807) is 6.08 Å². The Morgan fingerprint density at radius 2 is 1.71 bits per heavy atom. The van der Waals surface area contributed by atoms with Gasteiger partial charge in [-0.2, -0.15) is 0 Å². The lowest BCUT2D eigenvalue weighted by Gasteiger charge is -2.57. The minimum absolute atomic E-state index is 0.0315. The molecule has 0 bridgehead atoms. The minimum Gasteiger partial charge on any atom is -0.438 e. The lowest BCUT2D eigenvalue weighted by molar-refractivity contribution is -0.212. The number of fused-ring (bicyclic) bond motifs is 5. The molecule has 9 heteroatoms. The Hall–Kier alpha value is -2.65. The molecular formula is C36H52O9. The van der Waals surface area contributed by atoms with Crippen molar-refractivity contribution < 1.29 is 42.8 Å². The molecule has 0 aromatic rings. The van der Waals surface area contributed by atoms with Gasteiger partial charge in [-0.15, -0.1) is 0 Å². The van der Waals surface area contributed by atoms with Gasteiger partial charge in [-0.1, -0.05) is 50.1 Å². The number of hydrogen-bond donors (Lipinski definition) is 0. The van der Waals surface area contributed by atoms with E-state index in [0.717, 1.165) is 50.5 Å². The number of carbonyl (C=O) groups is 3. The fourth-order valence-corrected chi connectivity index (χ4v) is 9.28. The molecule has 0 spiro atoms. The second kappa shape index (κ2) is 13.2. The average Bonchev–Trinajstić information content (AvgIpc) is 3.37. The molecular weight excluding hydrogens is 576 g/mol. The van der Waals surface area contributed by atoms with E-state index in [9.17, 15) is 14.4 Å². The molecule has 0 radical (unpaired) electrons. The maximum Gasteiger partial charge on any atom is 0.508 e. The monoisotopic (exact) mass is 628 g/mol. The molecule has 5 rings (SSSR count). The molecule has 9 atom stereocenters. The average molecular weight is 629 g/mol. The molecule has 0 aromatic carbocycles. The zero-order valence-electron chi connectivity index (χ0n) is 28.1. The van der Waals surface area contributed by atoms with Crippen molar-refractivity contribution in [3.8, 4) is 0 Å². The normalized spacial score (nSPS) is 36.9. The first-order valence-electron chi connectivity index (χ1n) is 16.8. The summed E-state index contributed by atoms with van der Waals surface area (Å²) in [4.78, 5) is 37.6. The molecule has 250 valence electrons. The summed E-state index contributed by atoms with van der Waals surface area (Å²) >= 11 is 0. The first kappa shape index (κ1) is 33.7. The van der Waals surface area contributed by atoms with Gasteiger partial charge in [-0.05, 0) is 94.0 Å². The molecule has 0 amide bonds. The van der Waals surface area contributed by atoms with E-state index in [4.69, 9.17) is 28.4 Å². The van der Waals surface area contributed by atoms with E-state index < -0.39 is 35.5 Å². The lowest BCUT2D eigenvalue weighted by atomic mass is 9.49. The smallest absolute Gasteiger partial charge is 0.438 e. The molecule has 0 N–H and O–H groups in total. The fraction of sp³-hybridized carbons (Fsp3) is 0.750. The predicted molar refractivity (Wildman–Crippen MR) is 167 cm³/mol. The summed E-state index contributed by atoms with van der Waals surface area (Å²) in [6, 6.07) is 0. The second-order valence-electron chi connectivity index (χ2n) is 14.7. The Bertz CT molecular complexity index is 1230. The Morgan fingerprint density at radius 3 is 2.40 bits per heavy atom. The number of hydrogen-bond acceptors (Lipinski definition) is 9. The summed E-state index contributed by atoms with van der Waals surface area (Å²) in [5.74, 6) is 1.23.